The first kappa shape index (κ1) is 11.0. The standard InChI is InChI=1S/C11H24N2/c1-10-7-11(2)9-13(8-10)6-4-5-12-3/h10-12H,4-9H2,1-3H3/t10-,11-/m1/s1. The lowest BCUT2D eigenvalue weighted by atomic mass is 9.92. The van der Waals surface area contributed by atoms with Crippen molar-refractivity contribution in [3.05, 3.63) is 0 Å². The van der Waals surface area contributed by atoms with Crippen LogP contribution in [-0.4, -0.2) is 38.1 Å². The van der Waals surface area contributed by atoms with Crippen molar-refractivity contribution < 1.29 is 0 Å². The predicted octanol–water partition coefficient (Wildman–Crippen LogP) is 1.57. The van der Waals surface area contributed by atoms with E-state index in [0.717, 1.165) is 18.4 Å². The van der Waals surface area contributed by atoms with Crippen LogP contribution in [0.25, 0.3) is 0 Å². The van der Waals surface area contributed by atoms with Crippen LogP contribution in [0, 0.1) is 11.8 Å². The van der Waals surface area contributed by atoms with Crippen LogP contribution >= 0.6 is 0 Å². The van der Waals surface area contributed by atoms with E-state index in [9.17, 15) is 0 Å². The Labute approximate surface area is 82.7 Å². The summed E-state index contributed by atoms with van der Waals surface area (Å²) in [7, 11) is 2.03. The topological polar surface area (TPSA) is 15.3 Å². The van der Waals surface area contributed by atoms with E-state index in [2.05, 4.69) is 24.1 Å². The van der Waals surface area contributed by atoms with Crippen LogP contribution in [0.1, 0.15) is 26.7 Å². The Morgan fingerprint density at radius 2 is 1.85 bits per heavy atom. The summed E-state index contributed by atoms with van der Waals surface area (Å²) >= 11 is 0. The molecular weight excluding hydrogens is 160 g/mol. The minimum atomic E-state index is 0.901. The molecule has 1 fully saturated rings. The molecule has 0 amide bonds. The molecule has 0 bridgehead atoms. The lowest BCUT2D eigenvalue weighted by molar-refractivity contribution is 0.140. The van der Waals surface area contributed by atoms with Crippen LogP contribution in [-0.2, 0) is 0 Å². The lowest BCUT2D eigenvalue weighted by Crippen LogP contribution is -2.39. The fourth-order valence-electron chi connectivity index (χ4n) is 2.45. The summed E-state index contributed by atoms with van der Waals surface area (Å²) in [5.41, 5.74) is 0. The molecule has 0 unspecified atom stereocenters. The van der Waals surface area contributed by atoms with E-state index in [1.165, 1.54) is 32.5 Å². The third-order valence-electron chi connectivity index (χ3n) is 2.85. The molecule has 0 radical (unpaired) electrons. The quantitative estimate of drug-likeness (QED) is 0.667. The molecule has 0 aliphatic carbocycles. The van der Waals surface area contributed by atoms with Gasteiger partial charge in [0, 0.05) is 13.1 Å². The summed E-state index contributed by atoms with van der Waals surface area (Å²) in [6.07, 6.45) is 2.71. The second-order valence-corrected chi connectivity index (χ2v) is 4.66. The average molecular weight is 184 g/mol. The number of hydrogen-bond donors (Lipinski definition) is 1. The van der Waals surface area contributed by atoms with Crippen molar-refractivity contribution in [1.29, 1.82) is 0 Å². The Bertz CT molecular complexity index is 126. The number of hydrogen-bond acceptors (Lipinski definition) is 2. The highest BCUT2D eigenvalue weighted by Crippen LogP contribution is 2.20. The number of piperidine rings is 1. The Morgan fingerprint density at radius 3 is 2.38 bits per heavy atom. The molecule has 13 heavy (non-hydrogen) atoms. The van der Waals surface area contributed by atoms with Crippen LogP contribution in [0.4, 0.5) is 0 Å². The van der Waals surface area contributed by atoms with E-state index in [1.807, 2.05) is 7.05 Å². The van der Waals surface area contributed by atoms with Gasteiger partial charge in [-0.3, -0.25) is 0 Å². The summed E-state index contributed by atoms with van der Waals surface area (Å²) in [6, 6.07) is 0. The number of likely N-dealkylation sites (tertiary alicyclic amines) is 1. The highest BCUT2D eigenvalue weighted by molar-refractivity contribution is 4.74. The first-order valence-corrected chi connectivity index (χ1v) is 5.59. The van der Waals surface area contributed by atoms with Gasteiger partial charge >= 0.3 is 0 Å². The van der Waals surface area contributed by atoms with E-state index >= 15 is 0 Å². The van der Waals surface area contributed by atoms with Crippen LogP contribution in [0.2, 0.25) is 0 Å². The van der Waals surface area contributed by atoms with Crippen molar-refractivity contribution in [2.24, 2.45) is 11.8 Å². The molecular formula is C11H24N2. The van der Waals surface area contributed by atoms with Gasteiger partial charge < -0.3 is 10.2 Å². The number of nitrogens with one attached hydrogen (secondary N) is 1. The largest absolute Gasteiger partial charge is 0.320 e. The molecule has 2 heteroatoms. The van der Waals surface area contributed by atoms with Crippen molar-refractivity contribution >= 4 is 0 Å². The fourth-order valence-corrected chi connectivity index (χ4v) is 2.45. The summed E-state index contributed by atoms with van der Waals surface area (Å²) in [5.74, 6) is 1.80. The maximum atomic E-state index is 3.20. The molecule has 0 aromatic heterocycles. The summed E-state index contributed by atoms with van der Waals surface area (Å²) in [5, 5.41) is 3.20. The molecule has 2 atom stereocenters. The normalized spacial score (nSPS) is 30.7. The van der Waals surface area contributed by atoms with Gasteiger partial charge in [-0.2, -0.15) is 0 Å². The minimum Gasteiger partial charge on any atom is -0.320 e. The fraction of sp³-hybridized carbons (Fsp3) is 1.00. The van der Waals surface area contributed by atoms with Crippen LogP contribution in [0.5, 0.6) is 0 Å². The molecule has 0 aromatic rings. The van der Waals surface area contributed by atoms with E-state index < -0.39 is 0 Å². The molecule has 1 aliphatic rings. The van der Waals surface area contributed by atoms with E-state index in [1.54, 1.807) is 0 Å². The Balaban J connectivity index is 2.17. The van der Waals surface area contributed by atoms with E-state index in [-0.39, 0.29) is 0 Å². The van der Waals surface area contributed by atoms with Gasteiger partial charge in [-0.15, -0.1) is 0 Å². The Hall–Kier alpha value is -0.0800. The van der Waals surface area contributed by atoms with Crippen LogP contribution in [0.3, 0.4) is 0 Å². The summed E-state index contributed by atoms with van der Waals surface area (Å²) in [4.78, 5) is 2.62. The summed E-state index contributed by atoms with van der Waals surface area (Å²) < 4.78 is 0. The minimum absolute atomic E-state index is 0.901. The maximum absolute atomic E-state index is 3.20. The molecule has 1 aliphatic heterocycles. The van der Waals surface area contributed by atoms with Crippen molar-refractivity contribution in [3.63, 3.8) is 0 Å². The van der Waals surface area contributed by atoms with Gasteiger partial charge in [0.2, 0.25) is 0 Å². The summed E-state index contributed by atoms with van der Waals surface area (Å²) in [6.45, 7) is 9.80. The van der Waals surface area contributed by atoms with E-state index in [4.69, 9.17) is 0 Å². The molecule has 78 valence electrons. The SMILES string of the molecule is CNCCCN1C[C@H](C)C[C@@H](C)C1. The third-order valence-corrected chi connectivity index (χ3v) is 2.85. The molecule has 0 saturated carbocycles. The van der Waals surface area contributed by atoms with Crippen LogP contribution in [0.15, 0.2) is 0 Å². The molecule has 1 N–H and O–H groups in total. The Morgan fingerprint density at radius 1 is 1.23 bits per heavy atom. The zero-order chi connectivity index (χ0) is 9.68. The molecule has 2 nitrogen and oxygen atoms in total. The zero-order valence-electron chi connectivity index (χ0n) is 9.34. The van der Waals surface area contributed by atoms with Crippen LogP contribution < -0.4 is 5.32 Å². The van der Waals surface area contributed by atoms with Crippen molar-refractivity contribution in [3.8, 4) is 0 Å². The van der Waals surface area contributed by atoms with Crippen molar-refractivity contribution in [2.75, 3.05) is 33.2 Å². The van der Waals surface area contributed by atoms with Gasteiger partial charge in [-0.1, -0.05) is 13.8 Å². The smallest absolute Gasteiger partial charge is 0.000725 e. The highest BCUT2D eigenvalue weighted by atomic mass is 15.1. The molecule has 0 spiro atoms. The van der Waals surface area contributed by atoms with Gasteiger partial charge in [0.25, 0.3) is 0 Å². The zero-order valence-corrected chi connectivity index (χ0v) is 9.34. The van der Waals surface area contributed by atoms with Gasteiger partial charge in [0.05, 0.1) is 0 Å². The Kier molecular flexibility index (Phi) is 4.74. The van der Waals surface area contributed by atoms with Gasteiger partial charge in [-0.05, 0) is 44.8 Å². The third kappa shape index (κ3) is 4.10. The molecule has 1 rings (SSSR count). The monoisotopic (exact) mass is 184 g/mol. The molecule has 1 heterocycles. The predicted molar refractivity (Wildman–Crippen MR) is 57.9 cm³/mol. The van der Waals surface area contributed by atoms with Crippen molar-refractivity contribution in [2.45, 2.75) is 26.7 Å². The second-order valence-electron chi connectivity index (χ2n) is 4.66. The van der Waals surface area contributed by atoms with Gasteiger partial charge in [0.1, 0.15) is 0 Å². The highest BCUT2D eigenvalue weighted by Gasteiger charge is 2.20. The molecule has 1 saturated heterocycles. The number of rotatable bonds is 4. The average Bonchev–Trinajstić information content (AvgIpc) is 2.03. The first-order valence-electron chi connectivity index (χ1n) is 5.59. The van der Waals surface area contributed by atoms with Gasteiger partial charge in [-0.25, -0.2) is 0 Å². The van der Waals surface area contributed by atoms with Gasteiger partial charge in [0.15, 0.2) is 0 Å². The number of nitrogens with zero attached hydrogens (tertiary/aromatic N) is 1. The van der Waals surface area contributed by atoms with E-state index in [0.29, 0.717) is 0 Å². The first-order chi connectivity index (χ1) is 6.22. The van der Waals surface area contributed by atoms with Crippen molar-refractivity contribution in [1.82, 2.24) is 10.2 Å². The maximum Gasteiger partial charge on any atom is 0.000725 e. The second kappa shape index (κ2) is 5.61. The lowest BCUT2D eigenvalue weighted by Gasteiger charge is -2.34. The molecule has 0 aromatic carbocycles.